The first-order valence-corrected chi connectivity index (χ1v) is 4.54. The zero-order valence-corrected chi connectivity index (χ0v) is 7.95. The van der Waals surface area contributed by atoms with Gasteiger partial charge in [-0.15, -0.1) is 0 Å². The van der Waals surface area contributed by atoms with E-state index < -0.39 is 0 Å². The molecule has 0 N–H and O–H groups in total. The normalized spacial score (nSPS) is 25.7. The summed E-state index contributed by atoms with van der Waals surface area (Å²) < 4.78 is 5.37. The first kappa shape index (κ1) is 8.30. The first-order chi connectivity index (χ1) is 6.23. The van der Waals surface area contributed by atoms with Gasteiger partial charge in [-0.2, -0.15) is 0 Å². The van der Waals surface area contributed by atoms with Crippen molar-refractivity contribution in [3.63, 3.8) is 0 Å². The third-order valence-corrected chi connectivity index (χ3v) is 2.53. The second-order valence-electron chi connectivity index (χ2n) is 3.65. The lowest BCUT2D eigenvalue weighted by molar-refractivity contribution is 0.517. The predicted molar refractivity (Wildman–Crippen MR) is 53.8 cm³/mol. The largest absolute Gasteiger partial charge is 0.465 e. The molecule has 0 spiro atoms. The van der Waals surface area contributed by atoms with Gasteiger partial charge in [-0.25, -0.2) is 0 Å². The summed E-state index contributed by atoms with van der Waals surface area (Å²) in [4.78, 5) is 4.27. The third-order valence-electron chi connectivity index (χ3n) is 2.53. The van der Waals surface area contributed by atoms with Crippen LogP contribution in [0.2, 0.25) is 0 Å². The lowest BCUT2D eigenvalue weighted by Gasteiger charge is -2.15. The van der Waals surface area contributed by atoms with Crippen LogP contribution in [0.25, 0.3) is 12.3 Å². The van der Waals surface area contributed by atoms with Crippen LogP contribution in [-0.2, 0) is 0 Å². The van der Waals surface area contributed by atoms with Gasteiger partial charge in [-0.3, -0.25) is 4.99 Å². The average Bonchev–Trinajstić information content (AvgIpc) is 2.47. The van der Waals surface area contributed by atoms with Crippen molar-refractivity contribution in [1.29, 1.82) is 0 Å². The fourth-order valence-electron chi connectivity index (χ4n) is 1.37. The summed E-state index contributed by atoms with van der Waals surface area (Å²) in [5.74, 6) is 0. The van der Waals surface area contributed by atoms with E-state index in [0.717, 1.165) is 17.1 Å². The molecule has 0 saturated carbocycles. The summed E-state index contributed by atoms with van der Waals surface area (Å²) in [6, 6.07) is 1.94. The number of nitrogens with zero attached hydrogens (tertiary/aromatic N) is 1. The molecular weight excluding hydrogens is 162 g/mol. The molecule has 0 fully saturated rings. The molecule has 0 aliphatic carbocycles. The summed E-state index contributed by atoms with van der Waals surface area (Å²) in [5.41, 5.74) is 0.960. The van der Waals surface area contributed by atoms with Gasteiger partial charge in [0.1, 0.15) is 5.42 Å². The lowest BCUT2D eigenvalue weighted by Crippen LogP contribution is -2.23. The summed E-state index contributed by atoms with van der Waals surface area (Å²) in [7, 11) is 0. The SMILES string of the molecule is CCC1(C)C=NC=c2ccoc2=C1. The highest BCUT2D eigenvalue weighted by atomic mass is 16.3. The van der Waals surface area contributed by atoms with Gasteiger partial charge in [0, 0.05) is 23.0 Å². The summed E-state index contributed by atoms with van der Waals surface area (Å²) in [6.45, 7) is 4.30. The van der Waals surface area contributed by atoms with E-state index in [-0.39, 0.29) is 5.41 Å². The Labute approximate surface area is 77.3 Å². The Morgan fingerprint density at radius 2 is 2.38 bits per heavy atom. The Morgan fingerprint density at radius 1 is 1.54 bits per heavy atom. The molecule has 0 saturated heterocycles. The van der Waals surface area contributed by atoms with Crippen molar-refractivity contribution < 1.29 is 4.42 Å². The van der Waals surface area contributed by atoms with E-state index in [1.807, 2.05) is 18.5 Å². The zero-order valence-electron chi connectivity index (χ0n) is 7.95. The first-order valence-electron chi connectivity index (χ1n) is 4.54. The number of rotatable bonds is 1. The van der Waals surface area contributed by atoms with Gasteiger partial charge in [-0.05, 0) is 18.6 Å². The van der Waals surface area contributed by atoms with E-state index in [9.17, 15) is 0 Å². The summed E-state index contributed by atoms with van der Waals surface area (Å²) in [5, 5.41) is 1.06. The quantitative estimate of drug-likeness (QED) is 0.631. The maximum absolute atomic E-state index is 5.37. The van der Waals surface area contributed by atoms with E-state index in [1.165, 1.54) is 0 Å². The summed E-state index contributed by atoms with van der Waals surface area (Å²) >= 11 is 0. The molecule has 0 aromatic carbocycles. The Morgan fingerprint density at radius 3 is 3.15 bits per heavy atom. The molecule has 0 bridgehead atoms. The minimum atomic E-state index is 0.0274. The lowest BCUT2D eigenvalue weighted by atomic mass is 9.89. The van der Waals surface area contributed by atoms with Crippen LogP contribution in [0.5, 0.6) is 0 Å². The highest BCUT2D eigenvalue weighted by Crippen LogP contribution is 2.20. The second-order valence-corrected chi connectivity index (χ2v) is 3.65. The number of fused-ring (bicyclic) bond motifs is 1. The van der Waals surface area contributed by atoms with E-state index >= 15 is 0 Å². The maximum atomic E-state index is 5.37. The zero-order chi connectivity index (χ0) is 9.31. The van der Waals surface area contributed by atoms with Crippen LogP contribution >= 0.6 is 0 Å². The standard InChI is InChI=1S/C11H13NO/c1-3-11(2)6-10-9(4-5-13-10)7-12-8-11/h4-8H,3H2,1-2H3. The van der Waals surface area contributed by atoms with Crippen molar-refractivity contribution >= 4 is 18.5 Å². The third kappa shape index (κ3) is 1.44. The molecule has 0 radical (unpaired) electrons. The minimum Gasteiger partial charge on any atom is -0.465 e. The van der Waals surface area contributed by atoms with E-state index in [0.29, 0.717) is 0 Å². The average molecular weight is 175 g/mol. The highest BCUT2D eigenvalue weighted by Gasteiger charge is 2.17. The van der Waals surface area contributed by atoms with Crippen molar-refractivity contribution in [3.8, 4) is 0 Å². The van der Waals surface area contributed by atoms with Gasteiger partial charge < -0.3 is 4.42 Å². The van der Waals surface area contributed by atoms with Crippen molar-refractivity contribution in [3.05, 3.63) is 23.0 Å². The Hall–Kier alpha value is -1.31. The van der Waals surface area contributed by atoms with Crippen molar-refractivity contribution in [2.75, 3.05) is 0 Å². The number of hydrogen-bond acceptors (Lipinski definition) is 2. The van der Waals surface area contributed by atoms with Crippen LogP contribution in [0.3, 0.4) is 0 Å². The van der Waals surface area contributed by atoms with Crippen molar-refractivity contribution in [1.82, 2.24) is 0 Å². The van der Waals surface area contributed by atoms with Crippen molar-refractivity contribution in [2.24, 2.45) is 10.4 Å². The molecule has 1 aromatic rings. The van der Waals surface area contributed by atoms with Crippen LogP contribution in [0.15, 0.2) is 21.7 Å². The number of hydrogen-bond donors (Lipinski definition) is 0. The Bertz CT molecular complexity index is 441. The van der Waals surface area contributed by atoms with E-state index in [2.05, 4.69) is 24.9 Å². The van der Waals surface area contributed by atoms with Gasteiger partial charge in [0.05, 0.1) is 6.26 Å². The molecule has 1 atom stereocenters. The van der Waals surface area contributed by atoms with E-state index in [1.54, 1.807) is 6.26 Å². The molecule has 13 heavy (non-hydrogen) atoms. The second kappa shape index (κ2) is 2.87. The van der Waals surface area contributed by atoms with Crippen LogP contribution < -0.4 is 10.6 Å². The molecule has 1 aliphatic rings. The van der Waals surface area contributed by atoms with Gasteiger partial charge >= 0.3 is 0 Å². The molecule has 2 heteroatoms. The monoisotopic (exact) mass is 175 g/mol. The molecule has 2 heterocycles. The number of aliphatic imine (C=N–C) groups is 1. The summed E-state index contributed by atoms with van der Waals surface area (Å²) in [6.07, 6.45) is 8.69. The minimum absolute atomic E-state index is 0.0274. The van der Waals surface area contributed by atoms with Crippen LogP contribution in [0, 0.1) is 5.41 Å². The molecule has 2 rings (SSSR count). The van der Waals surface area contributed by atoms with Gasteiger partial charge in [0.25, 0.3) is 0 Å². The Kier molecular flexibility index (Phi) is 1.83. The van der Waals surface area contributed by atoms with Crippen LogP contribution in [0.1, 0.15) is 20.3 Å². The molecule has 2 nitrogen and oxygen atoms in total. The fourth-order valence-corrected chi connectivity index (χ4v) is 1.37. The molecule has 1 unspecified atom stereocenters. The maximum Gasteiger partial charge on any atom is 0.132 e. The van der Waals surface area contributed by atoms with Gasteiger partial charge in [0.15, 0.2) is 0 Å². The Balaban J connectivity index is 2.66. The smallest absolute Gasteiger partial charge is 0.132 e. The molecular formula is C11H13NO. The van der Waals surface area contributed by atoms with Crippen LogP contribution in [0.4, 0.5) is 0 Å². The predicted octanol–water partition coefficient (Wildman–Crippen LogP) is 1.30. The topological polar surface area (TPSA) is 25.5 Å². The number of furan rings is 1. The van der Waals surface area contributed by atoms with Crippen molar-refractivity contribution in [2.45, 2.75) is 20.3 Å². The molecule has 0 amide bonds. The van der Waals surface area contributed by atoms with Gasteiger partial charge in [-0.1, -0.05) is 13.8 Å². The fraction of sp³-hybridized carbons (Fsp3) is 0.364. The van der Waals surface area contributed by atoms with E-state index in [4.69, 9.17) is 4.42 Å². The van der Waals surface area contributed by atoms with Gasteiger partial charge in [0.2, 0.25) is 0 Å². The molecule has 68 valence electrons. The molecule has 1 aromatic heterocycles. The highest BCUT2D eigenvalue weighted by molar-refractivity contribution is 5.77. The van der Waals surface area contributed by atoms with Crippen LogP contribution in [-0.4, -0.2) is 6.21 Å². The molecule has 1 aliphatic heterocycles.